The lowest BCUT2D eigenvalue weighted by Crippen LogP contribution is -2.03. The highest BCUT2D eigenvalue weighted by Crippen LogP contribution is 2.15. The van der Waals surface area contributed by atoms with Crippen molar-refractivity contribution in [1.82, 2.24) is 4.98 Å². The number of oxime groups is 1. The lowest BCUT2D eigenvalue weighted by molar-refractivity contribution is 0.319. The number of nitrogens with zero attached hydrogens (tertiary/aromatic N) is 2. The Labute approximate surface area is 79.7 Å². The number of nitrogens with one attached hydrogen (secondary N) is 1. The van der Waals surface area contributed by atoms with Crippen LogP contribution < -0.4 is 5.32 Å². The molecule has 1 heterocycles. The molecule has 1 rings (SSSR count). The van der Waals surface area contributed by atoms with Gasteiger partial charge in [0.15, 0.2) is 5.13 Å². The fourth-order valence-corrected chi connectivity index (χ4v) is 1.59. The van der Waals surface area contributed by atoms with E-state index in [1.165, 1.54) is 11.3 Å². The molecule has 1 aromatic rings. The summed E-state index contributed by atoms with van der Waals surface area (Å²) >= 11 is 5.46. The van der Waals surface area contributed by atoms with Crippen molar-refractivity contribution in [2.45, 2.75) is 0 Å². The van der Waals surface area contributed by atoms with Gasteiger partial charge in [-0.1, -0.05) is 5.16 Å². The number of rotatable bonds is 3. The van der Waals surface area contributed by atoms with Crippen molar-refractivity contribution in [3.8, 4) is 0 Å². The Bertz CT molecular complexity index is 284. The predicted molar refractivity (Wildman–Crippen MR) is 53.8 cm³/mol. The molecular weight excluding hydrogens is 194 g/mol. The van der Waals surface area contributed by atoms with Crippen LogP contribution in [0.5, 0.6) is 0 Å². The standard InChI is InChI=1S/C6H9N3OS2/c1-7-6-8-5(3-12-6)4(2-11)9-10/h3,10-11H,2H2,1H3,(H,7,8)/b9-4+. The fraction of sp³-hybridized carbons (Fsp3) is 0.333. The molecule has 0 bridgehead atoms. The largest absolute Gasteiger partial charge is 0.411 e. The predicted octanol–water partition coefficient (Wildman–Crippen LogP) is 1.29. The van der Waals surface area contributed by atoms with E-state index in [4.69, 9.17) is 5.21 Å². The first-order chi connectivity index (χ1) is 5.81. The van der Waals surface area contributed by atoms with Gasteiger partial charge in [-0.15, -0.1) is 11.3 Å². The first-order valence-electron chi connectivity index (χ1n) is 3.27. The van der Waals surface area contributed by atoms with E-state index < -0.39 is 0 Å². The summed E-state index contributed by atoms with van der Waals surface area (Å²) in [7, 11) is 1.79. The van der Waals surface area contributed by atoms with Crippen molar-refractivity contribution in [3.63, 3.8) is 0 Å². The van der Waals surface area contributed by atoms with Crippen molar-refractivity contribution < 1.29 is 5.21 Å². The Balaban J connectivity index is 2.87. The molecule has 0 radical (unpaired) electrons. The van der Waals surface area contributed by atoms with E-state index in [9.17, 15) is 0 Å². The molecule has 0 aliphatic heterocycles. The summed E-state index contributed by atoms with van der Waals surface area (Å²) in [6.07, 6.45) is 0. The lowest BCUT2D eigenvalue weighted by atomic mass is 10.3. The topological polar surface area (TPSA) is 57.5 Å². The summed E-state index contributed by atoms with van der Waals surface area (Å²) in [5.41, 5.74) is 1.15. The highest BCUT2D eigenvalue weighted by atomic mass is 32.1. The molecule has 0 aliphatic rings. The van der Waals surface area contributed by atoms with Gasteiger partial charge in [-0.25, -0.2) is 4.98 Å². The maximum absolute atomic E-state index is 8.54. The van der Waals surface area contributed by atoms with Gasteiger partial charge in [0.05, 0.1) is 0 Å². The van der Waals surface area contributed by atoms with Crippen LogP contribution in [-0.4, -0.2) is 28.7 Å². The molecule has 1 aromatic heterocycles. The Hall–Kier alpha value is -0.750. The SMILES string of the molecule is CNc1nc(/C(CS)=N/O)cs1. The highest BCUT2D eigenvalue weighted by molar-refractivity contribution is 7.81. The molecule has 0 saturated heterocycles. The molecule has 0 saturated carbocycles. The number of thiazole rings is 1. The van der Waals surface area contributed by atoms with E-state index in [1.54, 1.807) is 7.05 Å². The molecule has 0 spiro atoms. The molecule has 66 valence electrons. The van der Waals surface area contributed by atoms with Crippen LogP contribution in [0.1, 0.15) is 5.69 Å². The first-order valence-corrected chi connectivity index (χ1v) is 4.78. The minimum absolute atomic E-state index is 0.378. The van der Waals surface area contributed by atoms with Gasteiger partial charge < -0.3 is 10.5 Å². The summed E-state index contributed by atoms with van der Waals surface area (Å²) in [5.74, 6) is 0.378. The Morgan fingerprint density at radius 1 is 1.92 bits per heavy atom. The van der Waals surface area contributed by atoms with Gasteiger partial charge in [0, 0.05) is 18.2 Å². The summed E-state index contributed by atoms with van der Waals surface area (Å²) in [5, 5.41) is 17.1. The van der Waals surface area contributed by atoms with Gasteiger partial charge >= 0.3 is 0 Å². The quantitative estimate of drug-likeness (QED) is 0.300. The van der Waals surface area contributed by atoms with E-state index in [0.29, 0.717) is 17.2 Å². The normalized spacial score (nSPS) is 11.7. The number of hydrogen-bond acceptors (Lipinski definition) is 6. The molecule has 2 N–H and O–H groups in total. The molecule has 4 nitrogen and oxygen atoms in total. The summed E-state index contributed by atoms with van der Waals surface area (Å²) in [6.45, 7) is 0. The van der Waals surface area contributed by atoms with E-state index >= 15 is 0 Å². The van der Waals surface area contributed by atoms with Crippen LogP contribution >= 0.6 is 24.0 Å². The maximum atomic E-state index is 8.54. The average molecular weight is 203 g/mol. The third-order valence-corrected chi connectivity index (χ3v) is 2.44. The van der Waals surface area contributed by atoms with Gasteiger partial charge in [-0.3, -0.25) is 0 Å². The Morgan fingerprint density at radius 2 is 2.67 bits per heavy atom. The average Bonchev–Trinajstić information content (AvgIpc) is 2.55. The number of hydrogen-bond donors (Lipinski definition) is 3. The fourth-order valence-electron chi connectivity index (χ4n) is 0.685. The number of anilines is 1. The lowest BCUT2D eigenvalue weighted by Gasteiger charge is -1.93. The molecule has 6 heteroatoms. The minimum Gasteiger partial charge on any atom is -0.411 e. The van der Waals surface area contributed by atoms with Gasteiger partial charge in [0.2, 0.25) is 0 Å². The van der Waals surface area contributed by atoms with Crippen LogP contribution in [0.2, 0.25) is 0 Å². The molecule has 0 fully saturated rings. The van der Waals surface area contributed by atoms with Gasteiger partial charge in [0.25, 0.3) is 0 Å². The second-order valence-corrected chi connectivity index (χ2v) is 3.17. The van der Waals surface area contributed by atoms with Crippen molar-refractivity contribution in [2.75, 3.05) is 18.1 Å². The van der Waals surface area contributed by atoms with E-state index in [2.05, 4.69) is 28.1 Å². The third kappa shape index (κ3) is 1.89. The van der Waals surface area contributed by atoms with Crippen LogP contribution in [0.15, 0.2) is 10.5 Å². The minimum atomic E-state index is 0.378. The van der Waals surface area contributed by atoms with Crippen LogP contribution in [0.25, 0.3) is 0 Å². The Kier molecular flexibility index (Phi) is 3.36. The maximum Gasteiger partial charge on any atom is 0.182 e. The smallest absolute Gasteiger partial charge is 0.182 e. The van der Waals surface area contributed by atoms with E-state index in [0.717, 1.165) is 5.13 Å². The van der Waals surface area contributed by atoms with E-state index in [-0.39, 0.29) is 0 Å². The second kappa shape index (κ2) is 4.32. The van der Waals surface area contributed by atoms with Crippen molar-refractivity contribution in [1.29, 1.82) is 0 Å². The zero-order chi connectivity index (χ0) is 8.97. The molecule has 0 unspecified atom stereocenters. The molecule has 0 atom stereocenters. The summed E-state index contributed by atoms with van der Waals surface area (Å²) in [6, 6.07) is 0. The van der Waals surface area contributed by atoms with Crippen LogP contribution in [0.3, 0.4) is 0 Å². The van der Waals surface area contributed by atoms with Gasteiger partial charge in [0.1, 0.15) is 11.4 Å². The van der Waals surface area contributed by atoms with Crippen molar-refractivity contribution in [2.24, 2.45) is 5.16 Å². The third-order valence-electron chi connectivity index (χ3n) is 1.28. The zero-order valence-corrected chi connectivity index (χ0v) is 8.19. The second-order valence-electron chi connectivity index (χ2n) is 1.99. The van der Waals surface area contributed by atoms with Crippen LogP contribution in [0, 0.1) is 0 Å². The molecule has 0 aliphatic carbocycles. The summed E-state index contributed by atoms with van der Waals surface area (Å²) < 4.78 is 0. The van der Waals surface area contributed by atoms with Gasteiger partial charge in [-0.05, 0) is 0 Å². The first kappa shape index (κ1) is 9.34. The molecular formula is C6H9N3OS2. The highest BCUT2D eigenvalue weighted by Gasteiger charge is 2.06. The molecule has 12 heavy (non-hydrogen) atoms. The van der Waals surface area contributed by atoms with Crippen molar-refractivity contribution >= 4 is 34.8 Å². The van der Waals surface area contributed by atoms with Crippen LogP contribution in [-0.2, 0) is 0 Å². The van der Waals surface area contributed by atoms with E-state index in [1.807, 2.05) is 5.38 Å². The summed E-state index contributed by atoms with van der Waals surface area (Å²) in [4.78, 5) is 4.14. The molecule has 0 amide bonds. The van der Waals surface area contributed by atoms with Crippen LogP contribution in [0.4, 0.5) is 5.13 Å². The Morgan fingerprint density at radius 3 is 3.08 bits per heavy atom. The zero-order valence-electron chi connectivity index (χ0n) is 6.48. The monoisotopic (exact) mass is 203 g/mol. The van der Waals surface area contributed by atoms with Gasteiger partial charge in [-0.2, -0.15) is 12.6 Å². The van der Waals surface area contributed by atoms with Crippen molar-refractivity contribution in [3.05, 3.63) is 11.1 Å². The number of thiol groups is 1. The number of aromatic nitrogens is 1. The molecule has 0 aromatic carbocycles.